The molecule has 4 heteroatoms. The highest BCUT2D eigenvalue weighted by atomic mass is 32.1. The molecule has 0 radical (unpaired) electrons. The molecule has 0 saturated heterocycles. The highest BCUT2D eigenvalue weighted by molar-refractivity contribution is 7.73. The molecule has 0 atom stereocenters. The SMILES string of the molecule is Cc1sc(=S)n(-c2ccccc2)c1[S-]. The fourth-order valence-corrected chi connectivity index (χ4v) is 3.00. The van der Waals surface area contributed by atoms with E-state index in [1.165, 1.54) is 0 Å². The molecule has 0 aliphatic carbocycles. The smallest absolute Gasteiger partial charge is 0.164 e. The molecular formula is C10H8NS3-. The maximum absolute atomic E-state index is 5.30. The summed E-state index contributed by atoms with van der Waals surface area (Å²) in [5.74, 6) is 0. The largest absolute Gasteiger partial charge is 0.761 e. The molecule has 0 spiro atoms. The number of benzene rings is 1. The highest BCUT2D eigenvalue weighted by Gasteiger charge is 2.00. The molecule has 1 nitrogen and oxygen atoms in total. The summed E-state index contributed by atoms with van der Waals surface area (Å²) < 4.78 is 2.75. The maximum atomic E-state index is 5.30. The monoisotopic (exact) mass is 238 g/mol. The second-order valence-electron chi connectivity index (χ2n) is 2.90. The van der Waals surface area contributed by atoms with Crippen LogP contribution in [-0.4, -0.2) is 4.57 Å². The Morgan fingerprint density at radius 1 is 1.29 bits per heavy atom. The van der Waals surface area contributed by atoms with E-state index in [2.05, 4.69) is 0 Å². The van der Waals surface area contributed by atoms with Crippen molar-refractivity contribution in [2.75, 3.05) is 0 Å². The second-order valence-corrected chi connectivity index (χ2v) is 5.14. The standard InChI is InChI=1S/C10H9NS3/c1-7-9(12)11(10(13)14-7)8-5-3-2-4-6-8/h2-6,12H,1H3/p-1. The fraction of sp³-hybridized carbons (Fsp3) is 0.100. The lowest BCUT2D eigenvalue weighted by atomic mass is 10.3. The van der Waals surface area contributed by atoms with Gasteiger partial charge in [0.15, 0.2) is 3.95 Å². The molecule has 0 amide bonds. The first-order valence-electron chi connectivity index (χ1n) is 4.15. The molecule has 14 heavy (non-hydrogen) atoms. The minimum atomic E-state index is 0.818. The van der Waals surface area contributed by atoms with Crippen molar-refractivity contribution in [3.05, 3.63) is 39.2 Å². The van der Waals surface area contributed by atoms with E-state index >= 15 is 0 Å². The van der Waals surface area contributed by atoms with Crippen molar-refractivity contribution in [2.45, 2.75) is 11.9 Å². The van der Waals surface area contributed by atoms with Crippen LogP contribution in [0.5, 0.6) is 0 Å². The van der Waals surface area contributed by atoms with Gasteiger partial charge in [0.1, 0.15) is 0 Å². The molecule has 0 fully saturated rings. The predicted molar refractivity (Wildman–Crippen MR) is 64.8 cm³/mol. The molecule has 0 bridgehead atoms. The Morgan fingerprint density at radius 3 is 2.43 bits per heavy atom. The number of aryl methyl sites for hydroxylation is 1. The van der Waals surface area contributed by atoms with Crippen LogP contribution in [0.15, 0.2) is 35.4 Å². The van der Waals surface area contributed by atoms with Crippen molar-refractivity contribution in [2.24, 2.45) is 0 Å². The molecule has 1 heterocycles. The van der Waals surface area contributed by atoms with Crippen LogP contribution in [0, 0.1) is 10.9 Å². The zero-order valence-corrected chi connectivity index (χ0v) is 10.0. The summed E-state index contributed by atoms with van der Waals surface area (Å²) in [5.41, 5.74) is 1.05. The Hall–Kier alpha value is -0.710. The molecular weight excluding hydrogens is 230 g/mol. The number of rotatable bonds is 1. The van der Waals surface area contributed by atoms with E-state index in [1.807, 2.05) is 41.8 Å². The van der Waals surface area contributed by atoms with Gasteiger partial charge in [0.2, 0.25) is 0 Å². The number of para-hydroxylation sites is 1. The number of thiazole rings is 1. The minimum Gasteiger partial charge on any atom is -0.761 e. The van der Waals surface area contributed by atoms with Crippen molar-refractivity contribution in [1.82, 2.24) is 4.57 Å². The Bertz CT molecular complexity index is 496. The Labute approximate surface area is 97.4 Å². The van der Waals surface area contributed by atoms with E-state index in [4.69, 9.17) is 24.8 Å². The third-order valence-electron chi connectivity index (χ3n) is 1.94. The lowest BCUT2D eigenvalue weighted by Gasteiger charge is -2.12. The van der Waals surface area contributed by atoms with Gasteiger partial charge in [-0.15, -0.1) is 11.3 Å². The average Bonchev–Trinajstić information content (AvgIpc) is 2.43. The van der Waals surface area contributed by atoms with Gasteiger partial charge in [0, 0.05) is 10.6 Å². The van der Waals surface area contributed by atoms with Crippen LogP contribution < -0.4 is 0 Å². The number of hydrogen-bond acceptors (Lipinski definition) is 3. The van der Waals surface area contributed by atoms with Gasteiger partial charge in [-0.25, -0.2) is 0 Å². The summed E-state index contributed by atoms with van der Waals surface area (Å²) in [5, 5.41) is 0.825. The van der Waals surface area contributed by atoms with E-state index in [0.717, 1.165) is 19.5 Å². The molecule has 0 N–H and O–H groups in total. The summed E-state index contributed by atoms with van der Waals surface area (Å²) >= 11 is 12.1. The van der Waals surface area contributed by atoms with Crippen molar-refractivity contribution < 1.29 is 0 Å². The van der Waals surface area contributed by atoms with Crippen LogP contribution >= 0.6 is 23.6 Å². The van der Waals surface area contributed by atoms with Crippen LogP contribution in [0.1, 0.15) is 4.88 Å². The zero-order chi connectivity index (χ0) is 10.1. The van der Waals surface area contributed by atoms with E-state index in [0.29, 0.717) is 0 Å². The third kappa shape index (κ3) is 1.61. The van der Waals surface area contributed by atoms with Gasteiger partial charge >= 0.3 is 0 Å². The molecule has 0 aliphatic heterocycles. The van der Waals surface area contributed by atoms with Gasteiger partial charge in [0.05, 0.1) is 0 Å². The summed E-state index contributed by atoms with van der Waals surface area (Å²) in [7, 11) is 0. The van der Waals surface area contributed by atoms with Gasteiger partial charge in [-0.2, -0.15) is 0 Å². The maximum Gasteiger partial charge on any atom is 0.164 e. The first-order chi connectivity index (χ1) is 6.70. The zero-order valence-electron chi connectivity index (χ0n) is 7.56. The predicted octanol–water partition coefficient (Wildman–Crippen LogP) is 3.48. The van der Waals surface area contributed by atoms with Gasteiger partial charge in [-0.1, -0.05) is 23.2 Å². The van der Waals surface area contributed by atoms with Crippen LogP contribution in [-0.2, 0) is 12.6 Å². The molecule has 72 valence electrons. The normalized spacial score (nSPS) is 10.4. The summed E-state index contributed by atoms with van der Waals surface area (Å²) in [6.45, 7) is 2.00. The summed E-state index contributed by atoms with van der Waals surface area (Å²) in [4.78, 5) is 1.11. The molecule has 1 aromatic carbocycles. The van der Waals surface area contributed by atoms with Crippen LogP contribution in [0.25, 0.3) is 5.69 Å². The van der Waals surface area contributed by atoms with Gasteiger partial charge in [0.25, 0.3) is 0 Å². The fourth-order valence-electron chi connectivity index (χ4n) is 1.26. The van der Waals surface area contributed by atoms with E-state index in [9.17, 15) is 0 Å². The van der Waals surface area contributed by atoms with E-state index in [1.54, 1.807) is 11.3 Å². The topological polar surface area (TPSA) is 4.93 Å². The van der Waals surface area contributed by atoms with E-state index < -0.39 is 0 Å². The first kappa shape index (κ1) is 9.83. The van der Waals surface area contributed by atoms with Crippen molar-refractivity contribution in [3.8, 4) is 5.69 Å². The lowest BCUT2D eigenvalue weighted by Crippen LogP contribution is -1.95. The lowest BCUT2D eigenvalue weighted by molar-refractivity contribution is 0.934. The minimum absolute atomic E-state index is 0.818. The summed E-state index contributed by atoms with van der Waals surface area (Å²) in [6.07, 6.45) is 0. The van der Waals surface area contributed by atoms with Crippen LogP contribution in [0.3, 0.4) is 0 Å². The number of aromatic nitrogens is 1. The number of nitrogens with zero attached hydrogens (tertiary/aromatic N) is 1. The second kappa shape index (κ2) is 3.81. The van der Waals surface area contributed by atoms with Gasteiger partial charge in [-0.3, -0.25) is 0 Å². The third-order valence-corrected chi connectivity index (χ3v) is 3.85. The van der Waals surface area contributed by atoms with Gasteiger partial charge in [-0.05, 0) is 31.3 Å². The molecule has 1 aromatic heterocycles. The molecule has 0 saturated carbocycles. The molecule has 2 rings (SSSR count). The van der Waals surface area contributed by atoms with Crippen molar-refractivity contribution >= 4 is 36.2 Å². The Morgan fingerprint density at radius 2 is 1.93 bits per heavy atom. The highest BCUT2D eigenvalue weighted by Crippen LogP contribution is 2.22. The van der Waals surface area contributed by atoms with E-state index in [-0.39, 0.29) is 0 Å². The van der Waals surface area contributed by atoms with Gasteiger partial charge < -0.3 is 17.2 Å². The van der Waals surface area contributed by atoms with Crippen LogP contribution in [0.4, 0.5) is 0 Å². The number of hydrogen-bond donors (Lipinski definition) is 0. The Kier molecular flexibility index (Phi) is 2.67. The molecule has 0 unspecified atom stereocenters. The average molecular weight is 238 g/mol. The molecule has 0 aliphatic rings. The van der Waals surface area contributed by atoms with Crippen molar-refractivity contribution in [1.29, 1.82) is 0 Å². The Balaban J connectivity index is 2.69. The quantitative estimate of drug-likeness (QED) is 0.553. The summed E-state index contributed by atoms with van der Waals surface area (Å²) in [6, 6.07) is 9.97. The first-order valence-corrected chi connectivity index (χ1v) is 5.78. The van der Waals surface area contributed by atoms with Crippen LogP contribution in [0.2, 0.25) is 0 Å². The van der Waals surface area contributed by atoms with Crippen molar-refractivity contribution in [3.63, 3.8) is 0 Å². The molecule has 2 aromatic rings.